The molecular formula is C22H23NO5S. The average Bonchev–Trinajstić information content (AvgIpc) is 3.32. The minimum absolute atomic E-state index is 0.0110. The summed E-state index contributed by atoms with van der Waals surface area (Å²) in [5, 5.41) is 0. The van der Waals surface area contributed by atoms with E-state index in [1.165, 1.54) is 12.1 Å². The topological polar surface area (TPSA) is 72.9 Å². The zero-order valence-corrected chi connectivity index (χ0v) is 16.8. The molecule has 1 aliphatic carbocycles. The van der Waals surface area contributed by atoms with E-state index < -0.39 is 10.1 Å². The van der Waals surface area contributed by atoms with Crippen molar-refractivity contribution in [2.45, 2.75) is 30.4 Å². The van der Waals surface area contributed by atoms with Crippen LogP contribution in [0.5, 0.6) is 0 Å². The Morgan fingerprint density at radius 2 is 1.69 bits per heavy atom. The fourth-order valence-electron chi connectivity index (χ4n) is 3.91. The lowest BCUT2D eigenvalue weighted by Crippen LogP contribution is -2.35. The van der Waals surface area contributed by atoms with Crippen molar-refractivity contribution < 1.29 is 22.1 Å². The van der Waals surface area contributed by atoms with Crippen molar-refractivity contribution in [3.63, 3.8) is 0 Å². The lowest BCUT2D eigenvalue weighted by molar-refractivity contribution is 0.0958. The third kappa shape index (κ3) is 4.52. The van der Waals surface area contributed by atoms with E-state index in [0.717, 1.165) is 24.0 Å². The molecule has 0 N–H and O–H groups in total. The summed E-state index contributed by atoms with van der Waals surface area (Å²) < 4.78 is 35.3. The van der Waals surface area contributed by atoms with Gasteiger partial charge in [0.2, 0.25) is 0 Å². The Morgan fingerprint density at radius 3 is 2.41 bits per heavy atom. The number of amides is 1. The Labute approximate surface area is 170 Å². The zero-order chi connectivity index (χ0) is 20.3. The Kier molecular flexibility index (Phi) is 5.69. The third-order valence-corrected chi connectivity index (χ3v) is 6.66. The lowest BCUT2D eigenvalue weighted by atomic mass is 10.0. The van der Waals surface area contributed by atoms with E-state index >= 15 is 0 Å². The number of benzene rings is 2. The van der Waals surface area contributed by atoms with Crippen molar-refractivity contribution in [3.05, 3.63) is 77.9 Å². The Balaban J connectivity index is 1.35. The minimum atomic E-state index is -3.79. The molecule has 1 heterocycles. The second-order valence-corrected chi connectivity index (χ2v) is 8.95. The average molecular weight is 413 g/mol. The van der Waals surface area contributed by atoms with E-state index in [4.69, 9.17) is 8.92 Å². The first kappa shape index (κ1) is 19.7. The molecule has 6 nitrogen and oxygen atoms in total. The molecule has 1 saturated heterocycles. The van der Waals surface area contributed by atoms with E-state index in [1.54, 1.807) is 23.1 Å². The predicted molar refractivity (Wildman–Crippen MR) is 108 cm³/mol. The highest BCUT2D eigenvalue weighted by Crippen LogP contribution is 2.37. The molecule has 2 aliphatic rings. The van der Waals surface area contributed by atoms with Crippen LogP contribution in [-0.4, -0.2) is 38.6 Å². The number of rotatable bonds is 6. The molecule has 0 bridgehead atoms. The van der Waals surface area contributed by atoms with Crippen LogP contribution in [0.3, 0.4) is 0 Å². The number of hydrogen-bond donors (Lipinski definition) is 0. The first-order valence-corrected chi connectivity index (χ1v) is 11.0. The molecule has 0 radical (unpaired) electrons. The van der Waals surface area contributed by atoms with Crippen molar-refractivity contribution in [2.24, 2.45) is 5.92 Å². The van der Waals surface area contributed by atoms with E-state index in [1.807, 2.05) is 36.4 Å². The van der Waals surface area contributed by atoms with Crippen LogP contribution in [0.1, 0.15) is 18.4 Å². The number of hydrogen-bond acceptors (Lipinski definition) is 5. The van der Waals surface area contributed by atoms with Crippen molar-refractivity contribution in [1.29, 1.82) is 0 Å². The summed E-state index contributed by atoms with van der Waals surface area (Å²) in [7, 11) is -3.79. The van der Waals surface area contributed by atoms with Gasteiger partial charge in [-0.05, 0) is 42.0 Å². The predicted octanol–water partition coefficient (Wildman–Crippen LogP) is 3.75. The van der Waals surface area contributed by atoms with Gasteiger partial charge in [0, 0.05) is 6.54 Å². The zero-order valence-electron chi connectivity index (χ0n) is 15.9. The van der Waals surface area contributed by atoms with Crippen molar-refractivity contribution in [3.8, 4) is 0 Å². The quantitative estimate of drug-likeness (QED) is 0.533. The van der Waals surface area contributed by atoms with Gasteiger partial charge in [0.25, 0.3) is 10.1 Å². The standard InChI is InChI=1S/C22H23NO5S/c24-22(27-15-17-7-3-1-4-8-17)23-12-11-19-13-18(14-21(19)23)16-28-29(25,26)20-9-5-2-6-10-20/h1-10,14,19,21H,11-13,15-16H2. The molecule has 2 atom stereocenters. The van der Waals surface area contributed by atoms with Gasteiger partial charge >= 0.3 is 6.09 Å². The number of carbonyl (C=O) groups is 1. The highest BCUT2D eigenvalue weighted by atomic mass is 32.2. The normalized spacial score (nSPS) is 21.0. The molecule has 2 aromatic carbocycles. The molecule has 0 aromatic heterocycles. The fourth-order valence-corrected chi connectivity index (χ4v) is 4.84. The van der Waals surface area contributed by atoms with Gasteiger partial charge in [0.1, 0.15) is 6.61 Å². The van der Waals surface area contributed by atoms with Gasteiger partial charge in [-0.1, -0.05) is 54.6 Å². The summed E-state index contributed by atoms with van der Waals surface area (Å²) in [4.78, 5) is 14.4. The molecule has 4 rings (SSSR count). The summed E-state index contributed by atoms with van der Waals surface area (Å²) in [6.07, 6.45) is 3.23. The van der Waals surface area contributed by atoms with Gasteiger partial charge in [0.15, 0.2) is 0 Å². The molecule has 1 amide bonds. The van der Waals surface area contributed by atoms with Crippen LogP contribution in [0.25, 0.3) is 0 Å². The number of ether oxygens (including phenoxy) is 1. The van der Waals surface area contributed by atoms with Crippen molar-refractivity contribution in [2.75, 3.05) is 13.2 Å². The van der Waals surface area contributed by atoms with Gasteiger partial charge in [0.05, 0.1) is 17.5 Å². The Morgan fingerprint density at radius 1 is 1.00 bits per heavy atom. The van der Waals surface area contributed by atoms with Gasteiger partial charge in [-0.3, -0.25) is 4.18 Å². The van der Waals surface area contributed by atoms with Gasteiger partial charge in [-0.2, -0.15) is 8.42 Å². The van der Waals surface area contributed by atoms with Crippen LogP contribution < -0.4 is 0 Å². The van der Waals surface area contributed by atoms with Gasteiger partial charge in [-0.15, -0.1) is 0 Å². The summed E-state index contributed by atoms with van der Waals surface area (Å²) in [5.74, 6) is 0.289. The summed E-state index contributed by atoms with van der Waals surface area (Å²) in [5.41, 5.74) is 1.85. The number of carbonyl (C=O) groups excluding carboxylic acids is 1. The maximum atomic E-state index is 12.5. The summed E-state index contributed by atoms with van der Waals surface area (Å²) >= 11 is 0. The SMILES string of the molecule is O=C(OCc1ccccc1)N1CCC2CC(COS(=O)(=O)c3ccccc3)=CC21. The molecule has 1 fully saturated rings. The van der Waals surface area contributed by atoms with E-state index in [0.29, 0.717) is 6.54 Å². The largest absolute Gasteiger partial charge is 0.445 e. The Bertz CT molecular complexity index is 988. The number of fused-ring (bicyclic) bond motifs is 1. The molecule has 152 valence electrons. The second kappa shape index (κ2) is 8.39. The molecule has 1 aliphatic heterocycles. The van der Waals surface area contributed by atoms with E-state index in [-0.39, 0.29) is 36.2 Å². The van der Waals surface area contributed by atoms with Gasteiger partial charge < -0.3 is 9.64 Å². The van der Waals surface area contributed by atoms with Crippen LogP contribution in [0, 0.1) is 5.92 Å². The number of nitrogens with zero attached hydrogens (tertiary/aromatic N) is 1. The van der Waals surface area contributed by atoms with Crippen molar-refractivity contribution >= 4 is 16.2 Å². The molecule has 29 heavy (non-hydrogen) atoms. The van der Waals surface area contributed by atoms with E-state index in [9.17, 15) is 13.2 Å². The van der Waals surface area contributed by atoms with Crippen LogP contribution >= 0.6 is 0 Å². The minimum Gasteiger partial charge on any atom is -0.445 e. The highest BCUT2D eigenvalue weighted by molar-refractivity contribution is 7.86. The van der Waals surface area contributed by atoms with Crippen LogP contribution in [0.2, 0.25) is 0 Å². The maximum absolute atomic E-state index is 12.5. The lowest BCUT2D eigenvalue weighted by Gasteiger charge is -2.22. The maximum Gasteiger partial charge on any atom is 0.410 e. The van der Waals surface area contributed by atoms with Crippen LogP contribution in [0.15, 0.2) is 77.2 Å². The third-order valence-electron chi connectivity index (χ3n) is 5.39. The molecule has 0 saturated carbocycles. The Hall–Kier alpha value is -2.64. The molecule has 7 heteroatoms. The summed E-state index contributed by atoms with van der Waals surface area (Å²) in [6, 6.07) is 17.6. The van der Waals surface area contributed by atoms with Crippen LogP contribution in [-0.2, 0) is 25.6 Å². The smallest absolute Gasteiger partial charge is 0.410 e. The highest BCUT2D eigenvalue weighted by Gasteiger charge is 2.40. The second-order valence-electron chi connectivity index (χ2n) is 7.33. The first-order valence-electron chi connectivity index (χ1n) is 9.64. The fraction of sp³-hybridized carbons (Fsp3) is 0.318. The molecule has 0 spiro atoms. The monoisotopic (exact) mass is 413 g/mol. The first-order chi connectivity index (χ1) is 14.0. The van der Waals surface area contributed by atoms with Gasteiger partial charge in [-0.25, -0.2) is 4.79 Å². The number of likely N-dealkylation sites (tertiary alicyclic amines) is 1. The van der Waals surface area contributed by atoms with E-state index in [2.05, 4.69) is 0 Å². The van der Waals surface area contributed by atoms with Crippen molar-refractivity contribution in [1.82, 2.24) is 4.90 Å². The summed E-state index contributed by atoms with van der Waals surface area (Å²) in [6.45, 7) is 0.898. The van der Waals surface area contributed by atoms with Crippen LogP contribution in [0.4, 0.5) is 4.79 Å². The molecule has 2 aromatic rings. The molecule has 2 unspecified atom stereocenters. The molecular weight excluding hydrogens is 390 g/mol.